The van der Waals surface area contributed by atoms with Crippen LogP contribution >= 0.6 is 11.6 Å². The molecule has 1 heterocycles. The SMILES string of the molecule is Cc1ccccc1N=CC1C(=O)NC(=O)N(c2cccc(Cl)c2)C1=O. The Balaban J connectivity index is 1.92. The van der Waals surface area contributed by atoms with Crippen LogP contribution in [0.4, 0.5) is 16.2 Å². The Morgan fingerprint density at radius 2 is 1.88 bits per heavy atom. The second kappa shape index (κ2) is 6.86. The van der Waals surface area contributed by atoms with Gasteiger partial charge in [0.15, 0.2) is 5.92 Å². The zero-order valence-electron chi connectivity index (χ0n) is 13.3. The number of para-hydroxylation sites is 1. The van der Waals surface area contributed by atoms with Gasteiger partial charge in [0.25, 0.3) is 5.91 Å². The molecule has 126 valence electrons. The number of amides is 4. The molecule has 1 aliphatic rings. The maximum Gasteiger partial charge on any atom is 0.335 e. The van der Waals surface area contributed by atoms with Crippen molar-refractivity contribution in [3.63, 3.8) is 0 Å². The molecule has 1 atom stereocenters. The van der Waals surface area contributed by atoms with Crippen LogP contribution in [0, 0.1) is 12.8 Å². The van der Waals surface area contributed by atoms with Gasteiger partial charge in [0, 0.05) is 11.2 Å². The number of carbonyl (C=O) groups is 3. The Bertz CT molecular complexity index is 895. The van der Waals surface area contributed by atoms with Crippen LogP contribution in [0.25, 0.3) is 0 Å². The van der Waals surface area contributed by atoms with Crippen LogP contribution in [0.3, 0.4) is 0 Å². The summed E-state index contributed by atoms with van der Waals surface area (Å²) in [6.45, 7) is 1.87. The van der Waals surface area contributed by atoms with Crippen molar-refractivity contribution >= 4 is 47.0 Å². The first-order valence-corrected chi connectivity index (χ1v) is 7.89. The highest BCUT2D eigenvalue weighted by Gasteiger charge is 2.40. The van der Waals surface area contributed by atoms with Crippen molar-refractivity contribution in [3.05, 3.63) is 59.1 Å². The maximum absolute atomic E-state index is 12.7. The van der Waals surface area contributed by atoms with E-state index in [0.29, 0.717) is 10.7 Å². The summed E-state index contributed by atoms with van der Waals surface area (Å²) in [6, 6.07) is 12.8. The van der Waals surface area contributed by atoms with Crippen LogP contribution in [0.15, 0.2) is 53.5 Å². The van der Waals surface area contributed by atoms with E-state index in [4.69, 9.17) is 11.6 Å². The van der Waals surface area contributed by atoms with Gasteiger partial charge in [-0.1, -0.05) is 35.9 Å². The van der Waals surface area contributed by atoms with Gasteiger partial charge in [-0.25, -0.2) is 9.69 Å². The Morgan fingerprint density at radius 3 is 2.60 bits per heavy atom. The summed E-state index contributed by atoms with van der Waals surface area (Å²) >= 11 is 5.92. The molecule has 1 N–H and O–H groups in total. The van der Waals surface area contributed by atoms with Gasteiger partial charge in [-0.2, -0.15) is 0 Å². The number of carbonyl (C=O) groups excluding carboxylic acids is 3. The predicted molar refractivity (Wildman–Crippen MR) is 95.3 cm³/mol. The lowest BCUT2D eigenvalue weighted by atomic mass is 10.1. The summed E-state index contributed by atoms with van der Waals surface area (Å²) in [5.74, 6) is -2.57. The van der Waals surface area contributed by atoms with Gasteiger partial charge in [-0.15, -0.1) is 0 Å². The first-order chi connectivity index (χ1) is 12.0. The third kappa shape index (κ3) is 3.44. The smallest absolute Gasteiger partial charge is 0.276 e. The number of rotatable bonds is 3. The summed E-state index contributed by atoms with van der Waals surface area (Å²) in [6.07, 6.45) is 1.25. The van der Waals surface area contributed by atoms with E-state index < -0.39 is 23.8 Å². The summed E-state index contributed by atoms with van der Waals surface area (Å²) in [7, 11) is 0. The Morgan fingerprint density at radius 1 is 1.12 bits per heavy atom. The maximum atomic E-state index is 12.7. The fourth-order valence-corrected chi connectivity index (χ4v) is 2.63. The Kier molecular flexibility index (Phi) is 4.63. The zero-order chi connectivity index (χ0) is 18.0. The molecule has 0 spiro atoms. The second-order valence-corrected chi connectivity index (χ2v) is 5.93. The van der Waals surface area contributed by atoms with E-state index in [0.717, 1.165) is 10.5 Å². The van der Waals surface area contributed by atoms with Crippen LogP contribution in [0.1, 0.15) is 5.56 Å². The van der Waals surface area contributed by atoms with Gasteiger partial charge in [0.05, 0.1) is 11.4 Å². The highest BCUT2D eigenvalue weighted by atomic mass is 35.5. The number of barbiturate groups is 1. The molecule has 0 saturated carbocycles. The van der Waals surface area contributed by atoms with Crippen molar-refractivity contribution in [2.24, 2.45) is 10.9 Å². The lowest BCUT2D eigenvalue weighted by Crippen LogP contribution is -2.58. The molecule has 0 bridgehead atoms. The van der Waals surface area contributed by atoms with Crippen molar-refractivity contribution in [1.82, 2.24) is 5.32 Å². The summed E-state index contributed by atoms with van der Waals surface area (Å²) < 4.78 is 0. The zero-order valence-corrected chi connectivity index (χ0v) is 14.0. The molecule has 7 heteroatoms. The van der Waals surface area contributed by atoms with Crippen molar-refractivity contribution in [3.8, 4) is 0 Å². The number of benzene rings is 2. The van der Waals surface area contributed by atoms with E-state index >= 15 is 0 Å². The highest BCUT2D eigenvalue weighted by Crippen LogP contribution is 2.24. The van der Waals surface area contributed by atoms with Gasteiger partial charge < -0.3 is 0 Å². The molecule has 3 rings (SSSR count). The van der Waals surface area contributed by atoms with Gasteiger partial charge in [-0.3, -0.25) is 19.9 Å². The molecular weight excluding hydrogens is 342 g/mol. The number of nitrogens with one attached hydrogen (secondary N) is 1. The topological polar surface area (TPSA) is 78.8 Å². The van der Waals surface area contributed by atoms with E-state index in [1.165, 1.54) is 12.3 Å². The third-order valence-electron chi connectivity index (χ3n) is 3.75. The standard InChI is InChI=1S/C18H14ClN3O3/c1-11-5-2-3-8-15(11)20-10-14-16(23)21-18(25)22(17(14)24)13-7-4-6-12(19)9-13/h2-10,14H,1H3,(H,21,23,25). The van der Waals surface area contributed by atoms with Gasteiger partial charge in [0.2, 0.25) is 5.91 Å². The van der Waals surface area contributed by atoms with Crippen LogP contribution in [0.5, 0.6) is 0 Å². The third-order valence-corrected chi connectivity index (χ3v) is 3.98. The average molecular weight is 356 g/mol. The molecule has 1 fully saturated rings. The summed E-state index contributed by atoms with van der Waals surface area (Å²) in [5.41, 5.74) is 1.84. The van der Waals surface area contributed by atoms with Crippen molar-refractivity contribution < 1.29 is 14.4 Å². The van der Waals surface area contributed by atoms with Gasteiger partial charge in [-0.05, 0) is 36.8 Å². The average Bonchev–Trinajstić information content (AvgIpc) is 2.56. The number of anilines is 1. The quantitative estimate of drug-likeness (QED) is 0.678. The number of hydrogen-bond acceptors (Lipinski definition) is 4. The number of hydrogen-bond donors (Lipinski definition) is 1. The monoisotopic (exact) mass is 355 g/mol. The molecule has 2 aromatic carbocycles. The van der Waals surface area contributed by atoms with E-state index in [1.807, 2.05) is 25.1 Å². The van der Waals surface area contributed by atoms with E-state index in [-0.39, 0.29) is 5.69 Å². The number of halogens is 1. The van der Waals surface area contributed by atoms with Gasteiger partial charge in [0.1, 0.15) is 0 Å². The molecule has 6 nitrogen and oxygen atoms in total. The minimum absolute atomic E-state index is 0.289. The van der Waals surface area contributed by atoms with E-state index in [2.05, 4.69) is 10.3 Å². The molecule has 4 amide bonds. The summed E-state index contributed by atoms with van der Waals surface area (Å²) in [5, 5.41) is 2.55. The first-order valence-electron chi connectivity index (χ1n) is 7.51. The normalized spacial score (nSPS) is 17.9. The molecular formula is C18H14ClN3O3. The molecule has 1 unspecified atom stereocenters. The molecule has 0 radical (unpaired) electrons. The molecule has 1 saturated heterocycles. The Labute approximate surface area is 149 Å². The van der Waals surface area contributed by atoms with Crippen molar-refractivity contribution in [1.29, 1.82) is 0 Å². The number of nitrogens with zero attached hydrogens (tertiary/aromatic N) is 2. The fourth-order valence-electron chi connectivity index (χ4n) is 2.44. The minimum Gasteiger partial charge on any atom is -0.276 e. The van der Waals surface area contributed by atoms with Crippen molar-refractivity contribution in [2.45, 2.75) is 6.92 Å². The molecule has 1 aliphatic heterocycles. The summed E-state index contributed by atoms with van der Waals surface area (Å²) in [4.78, 5) is 41.9. The predicted octanol–water partition coefficient (Wildman–Crippen LogP) is 3.25. The van der Waals surface area contributed by atoms with E-state index in [1.54, 1.807) is 24.3 Å². The molecule has 0 aromatic heterocycles. The highest BCUT2D eigenvalue weighted by molar-refractivity contribution is 6.34. The lowest BCUT2D eigenvalue weighted by molar-refractivity contribution is -0.131. The van der Waals surface area contributed by atoms with Crippen LogP contribution in [-0.4, -0.2) is 24.1 Å². The molecule has 25 heavy (non-hydrogen) atoms. The Hall–Kier alpha value is -2.99. The van der Waals surface area contributed by atoms with Crippen LogP contribution < -0.4 is 10.2 Å². The van der Waals surface area contributed by atoms with Crippen LogP contribution in [-0.2, 0) is 9.59 Å². The van der Waals surface area contributed by atoms with E-state index in [9.17, 15) is 14.4 Å². The van der Waals surface area contributed by atoms with Crippen molar-refractivity contribution in [2.75, 3.05) is 4.90 Å². The lowest BCUT2D eigenvalue weighted by Gasteiger charge is -2.28. The molecule has 2 aromatic rings. The fraction of sp³-hybridized carbons (Fsp3) is 0.111. The minimum atomic E-state index is -1.20. The van der Waals surface area contributed by atoms with Crippen LogP contribution in [0.2, 0.25) is 5.02 Å². The second-order valence-electron chi connectivity index (χ2n) is 5.49. The number of aliphatic imine (C=N–C) groups is 1. The number of urea groups is 1. The number of imide groups is 2. The number of aryl methyl sites for hydroxylation is 1. The first kappa shape index (κ1) is 16.9. The van der Waals surface area contributed by atoms with Gasteiger partial charge >= 0.3 is 6.03 Å². The largest absolute Gasteiger partial charge is 0.335 e. The molecule has 0 aliphatic carbocycles.